The number of alkyl carbamates (subject to hydrolysis) is 1. The number of aryl methyl sites for hydroxylation is 1. The van der Waals surface area contributed by atoms with E-state index in [9.17, 15) is 9.36 Å². The Morgan fingerprint density at radius 2 is 1.79 bits per heavy atom. The van der Waals surface area contributed by atoms with Crippen molar-refractivity contribution in [1.29, 1.82) is 0 Å². The Hall–Kier alpha value is -3.29. The molecule has 0 unspecified atom stereocenters. The molecule has 43 heavy (non-hydrogen) atoms. The molecule has 1 saturated carbocycles. The average Bonchev–Trinajstić information content (AvgIpc) is 2.89. The number of carbonyl (C=O) groups is 1. The van der Waals surface area contributed by atoms with Gasteiger partial charge < -0.3 is 30.2 Å². The van der Waals surface area contributed by atoms with Gasteiger partial charge in [0.25, 0.3) is 0 Å². The standard InChI is InChI=1S/C32H42ClN6O3P/c1-21-20-34-29(38-28(21)37-25-9-7-8-10-27(25)43(5,6)41)35-22-11-12-26(24(33)17-22)39-15-13-32(14-16-39)18-23(19-32)36-30(40)42-31(2,3)4/h7-12,17,20,23H,13-16,18-19H2,1-6H3,(H,36,40)(H2,34,35,37,38). The van der Waals surface area contributed by atoms with Crippen LogP contribution in [-0.2, 0) is 9.30 Å². The number of amides is 1. The highest BCUT2D eigenvalue weighted by molar-refractivity contribution is 7.70. The van der Waals surface area contributed by atoms with Crippen LogP contribution in [0.25, 0.3) is 0 Å². The summed E-state index contributed by atoms with van der Waals surface area (Å²) in [7, 11) is -2.48. The number of halogens is 1. The highest BCUT2D eigenvalue weighted by Gasteiger charge is 2.46. The third kappa shape index (κ3) is 7.63. The molecule has 9 nitrogen and oxygen atoms in total. The normalized spacial score (nSPS) is 16.9. The van der Waals surface area contributed by atoms with Gasteiger partial charge in [0.15, 0.2) is 0 Å². The van der Waals surface area contributed by atoms with Crippen molar-refractivity contribution in [3.05, 3.63) is 59.2 Å². The summed E-state index contributed by atoms with van der Waals surface area (Å²) >= 11 is 6.78. The Labute approximate surface area is 259 Å². The lowest BCUT2D eigenvalue weighted by molar-refractivity contribution is 0.0234. The Morgan fingerprint density at radius 1 is 1.09 bits per heavy atom. The first-order chi connectivity index (χ1) is 20.2. The van der Waals surface area contributed by atoms with Crippen molar-refractivity contribution in [3.8, 4) is 0 Å². The van der Waals surface area contributed by atoms with Crippen LogP contribution in [0.5, 0.6) is 0 Å². The second-order valence-electron chi connectivity index (χ2n) is 13.2. The summed E-state index contributed by atoms with van der Waals surface area (Å²) in [6, 6.07) is 13.7. The van der Waals surface area contributed by atoms with Crippen LogP contribution in [-0.4, -0.2) is 54.1 Å². The minimum absolute atomic E-state index is 0.185. The van der Waals surface area contributed by atoms with Crippen molar-refractivity contribution >= 4 is 59.0 Å². The zero-order chi connectivity index (χ0) is 31.0. The fourth-order valence-electron chi connectivity index (χ4n) is 5.97. The number of nitrogens with zero attached hydrogens (tertiary/aromatic N) is 3. The van der Waals surface area contributed by atoms with Gasteiger partial charge in [-0.05, 0) is 102 Å². The molecule has 3 N–H and O–H groups in total. The molecule has 2 aliphatic rings. The molecule has 3 aromatic rings. The molecule has 1 aromatic heterocycles. The average molecular weight is 625 g/mol. The minimum Gasteiger partial charge on any atom is -0.444 e. The van der Waals surface area contributed by atoms with E-state index < -0.39 is 12.7 Å². The maximum absolute atomic E-state index is 12.8. The van der Waals surface area contributed by atoms with Gasteiger partial charge in [0.05, 0.1) is 16.4 Å². The molecule has 5 rings (SSSR count). The fourth-order valence-corrected chi connectivity index (χ4v) is 7.42. The predicted octanol–water partition coefficient (Wildman–Crippen LogP) is 7.45. The molecule has 11 heteroatoms. The maximum atomic E-state index is 12.8. The van der Waals surface area contributed by atoms with Crippen LogP contribution in [0.2, 0.25) is 5.02 Å². The number of anilines is 5. The van der Waals surface area contributed by atoms with Gasteiger partial charge in [0.2, 0.25) is 5.95 Å². The Bertz CT molecular complexity index is 1540. The molecular weight excluding hydrogens is 583 g/mol. The lowest BCUT2D eigenvalue weighted by Crippen LogP contribution is -2.55. The van der Waals surface area contributed by atoms with E-state index in [1.807, 2.05) is 70.2 Å². The zero-order valence-corrected chi connectivity index (χ0v) is 27.5. The molecule has 1 spiro atoms. The first kappa shape index (κ1) is 31.1. The SMILES string of the molecule is Cc1cnc(Nc2ccc(N3CCC4(CC3)CC(NC(=O)OC(C)(C)C)C4)c(Cl)c2)nc1Nc1ccccc1P(C)(C)=O. The second-order valence-corrected chi connectivity index (χ2v) is 16.8. The van der Waals surface area contributed by atoms with Gasteiger partial charge in [-0.25, -0.2) is 9.78 Å². The first-order valence-corrected chi connectivity index (χ1v) is 17.7. The van der Waals surface area contributed by atoms with E-state index in [0.29, 0.717) is 16.8 Å². The molecule has 0 radical (unpaired) electrons. The number of aromatic nitrogens is 2. The number of benzene rings is 2. The van der Waals surface area contributed by atoms with Crippen LogP contribution < -0.4 is 26.2 Å². The van der Waals surface area contributed by atoms with Gasteiger partial charge in [-0.15, -0.1) is 0 Å². The summed E-state index contributed by atoms with van der Waals surface area (Å²) in [4.78, 5) is 23.6. The molecule has 2 aromatic carbocycles. The topological polar surface area (TPSA) is 108 Å². The van der Waals surface area contributed by atoms with E-state index >= 15 is 0 Å². The highest BCUT2D eigenvalue weighted by atomic mass is 35.5. The third-order valence-electron chi connectivity index (χ3n) is 8.16. The lowest BCUT2D eigenvalue weighted by Gasteiger charge is -2.52. The number of ether oxygens (including phenoxy) is 1. The quantitative estimate of drug-likeness (QED) is 0.233. The summed E-state index contributed by atoms with van der Waals surface area (Å²) in [6.45, 7) is 12.9. The highest BCUT2D eigenvalue weighted by Crippen LogP contribution is 2.50. The Balaban J connectivity index is 1.18. The van der Waals surface area contributed by atoms with Gasteiger partial charge in [-0.1, -0.05) is 23.7 Å². The van der Waals surface area contributed by atoms with Crippen LogP contribution in [0.4, 0.5) is 33.6 Å². The van der Waals surface area contributed by atoms with Crippen molar-refractivity contribution in [3.63, 3.8) is 0 Å². The van der Waals surface area contributed by atoms with Crippen molar-refractivity contribution in [2.45, 2.75) is 65.0 Å². The second kappa shape index (κ2) is 12.0. The molecule has 1 aliphatic heterocycles. The molecular formula is C32H42ClN6O3P. The molecule has 1 aliphatic carbocycles. The number of para-hydroxylation sites is 1. The molecule has 0 bridgehead atoms. The molecule has 0 atom stereocenters. The summed E-state index contributed by atoms with van der Waals surface area (Å²) in [5.41, 5.74) is 3.24. The zero-order valence-electron chi connectivity index (χ0n) is 25.8. The van der Waals surface area contributed by atoms with Gasteiger partial charge in [-0.3, -0.25) is 0 Å². The monoisotopic (exact) mass is 624 g/mol. The van der Waals surface area contributed by atoms with E-state index in [0.717, 1.165) is 66.7 Å². The maximum Gasteiger partial charge on any atom is 0.407 e. The van der Waals surface area contributed by atoms with Crippen molar-refractivity contribution in [2.24, 2.45) is 5.41 Å². The van der Waals surface area contributed by atoms with Gasteiger partial charge >= 0.3 is 6.09 Å². The van der Waals surface area contributed by atoms with Gasteiger partial charge in [0.1, 0.15) is 18.6 Å². The van der Waals surface area contributed by atoms with E-state index in [2.05, 4.69) is 25.8 Å². The van der Waals surface area contributed by atoms with E-state index in [4.69, 9.17) is 21.3 Å². The van der Waals surface area contributed by atoms with Crippen molar-refractivity contribution in [2.75, 3.05) is 42.0 Å². The van der Waals surface area contributed by atoms with Crippen molar-refractivity contribution in [1.82, 2.24) is 15.3 Å². The smallest absolute Gasteiger partial charge is 0.407 e. The Kier molecular flexibility index (Phi) is 8.70. The number of carbonyl (C=O) groups excluding carboxylic acids is 1. The lowest BCUT2D eigenvalue weighted by atomic mass is 9.60. The van der Waals surface area contributed by atoms with Crippen molar-refractivity contribution < 1.29 is 14.1 Å². The molecule has 2 heterocycles. The van der Waals surface area contributed by atoms with Crippen LogP contribution in [0.15, 0.2) is 48.7 Å². The number of nitrogens with one attached hydrogen (secondary N) is 3. The first-order valence-electron chi connectivity index (χ1n) is 14.8. The van der Waals surface area contributed by atoms with Crippen LogP contribution >= 0.6 is 18.7 Å². The summed E-state index contributed by atoms with van der Waals surface area (Å²) < 4.78 is 18.2. The number of piperidine rings is 1. The summed E-state index contributed by atoms with van der Waals surface area (Å²) in [5.74, 6) is 1.08. The van der Waals surface area contributed by atoms with E-state index in [1.165, 1.54) is 0 Å². The number of hydrogen-bond acceptors (Lipinski definition) is 8. The van der Waals surface area contributed by atoms with E-state index in [1.54, 1.807) is 19.5 Å². The number of hydrogen-bond donors (Lipinski definition) is 3. The van der Waals surface area contributed by atoms with Gasteiger partial charge in [0, 0.05) is 41.9 Å². The minimum atomic E-state index is -2.48. The van der Waals surface area contributed by atoms with E-state index in [-0.39, 0.29) is 17.6 Å². The third-order valence-corrected chi connectivity index (χ3v) is 10.0. The molecule has 230 valence electrons. The van der Waals surface area contributed by atoms with Crippen LogP contribution in [0, 0.1) is 12.3 Å². The predicted molar refractivity (Wildman–Crippen MR) is 177 cm³/mol. The molecule has 1 amide bonds. The summed E-state index contributed by atoms with van der Waals surface area (Å²) in [5, 5.41) is 11.1. The Morgan fingerprint density at radius 3 is 2.44 bits per heavy atom. The van der Waals surface area contributed by atoms with Gasteiger partial charge in [-0.2, -0.15) is 4.98 Å². The van der Waals surface area contributed by atoms with Crippen LogP contribution in [0.1, 0.15) is 52.0 Å². The molecule has 2 fully saturated rings. The van der Waals surface area contributed by atoms with Crippen LogP contribution in [0.3, 0.4) is 0 Å². The summed E-state index contributed by atoms with van der Waals surface area (Å²) in [6.07, 6.45) is 5.54. The number of rotatable bonds is 7. The fraction of sp³-hybridized carbons (Fsp3) is 0.469. The molecule has 1 saturated heterocycles. The largest absolute Gasteiger partial charge is 0.444 e.